The first-order valence-electron chi connectivity index (χ1n) is 9.87. The summed E-state index contributed by atoms with van der Waals surface area (Å²) in [7, 11) is 3.12. The first-order valence-corrected chi connectivity index (χ1v) is 9.87. The summed E-state index contributed by atoms with van der Waals surface area (Å²) >= 11 is 0. The van der Waals surface area contributed by atoms with Crippen LogP contribution in [-0.2, 0) is 13.0 Å². The molecule has 0 saturated heterocycles. The van der Waals surface area contributed by atoms with Crippen LogP contribution < -0.4 is 9.47 Å². The van der Waals surface area contributed by atoms with E-state index in [2.05, 4.69) is 23.9 Å². The van der Waals surface area contributed by atoms with Gasteiger partial charge >= 0.3 is 0 Å². The molecule has 30 heavy (non-hydrogen) atoms. The summed E-state index contributed by atoms with van der Waals surface area (Å²) in [6, 6.07) is 5.76. The van der Waals surface area contributed by atoms with Gasteiger partial charge in [0.05, 0.1) is 30.8 Å². The topological polar surface area (TPSA) is 87.2 Å². The molecule has 0 aliphatic heterocycles. The highest BCUT2D eigenvalue weighted by Gasteiger charge is 2.18. The highest BCUT2D eigenvalue weighted by Crippen LogP contribution is 2.35. The Hall–Kier alpha value is -3.55. The summed E-state index contributed by atoms with van der Waals surface area (Å²) in [5, 5.41) is 16.2. The lowest BCUT2D eigenvalue weighted by Crippen LogP contribution is -2.02. The fraction of sp³-hybridized carbons (Fsp3) is 0.318. The van der Waals surface area contributed by atoms with Crippen LogP contribution in [0.1, 0.15) is 25.1 Å². The fourth-order valence-corrected chi connectivity index (χ4v) is 3.70. The molecule has 0 radical (unpaired) electrons. The van der Waals surface area contributed by atoms with Gasteiger partial charge in [0.1, 0.15) is 0 Å². The fourth-order valence-electron chi connectivity index (χ4n) is 3.70. The number of aromatic hydroxyl groups is 1. The molecule has 0 fully saturated rings. The lowest BCUT2D eigenvalue weighted by Gasteiger charge is -2.09. The molecule has 4 aromatic heterocycles. The second kappa shape index (κ2) is 7.70. The smallest absolute Gasteiger partial charge is 0.256 e. The van der Waals surface area contributed by atoms with Crippen molar-refractivity contribution in [1.29, 1.82) is 0 Å². The predicted octanol–water partition coefficient (Wildman–Crippen LogP) is 3.90. The molecule has 0 aliphatic carbocycles. The van der Waals surface area contributed by atoms with Crippen molar-refractivity contribution in [1.82, 2.24) is 24.3 Å². The molecule has 4 aromatic rings. The van der Waals surface area contributed by atoms with Gasteiger partial charge in [0.25, 0.3) is 5.88 Å². The second-order valence-corrected chi connectivity index (χ2v) is 7.01. The molecular weight excluding hydrogens is 382 g/mol. The number of ether oxygens (including phenoxy) is 2. The van der Waals surface area contributed by atoms with Gasteiger partial charge in [-0.1, -0.05) is 6.92 Å². The summed E-state index contributed by atoms with van der Waals surface area (Å²) in [6.45, 7) is 6.87. The molecule has 0 atom stereocenters. The number of rotatable bonds is 6. The maximum atomic E-state index is 10.9. The zero-order valence-electron chi connectivity index (χ0n) is 17.8. The minimum atomic E-state index is 0.135. The van der Waals surface area contributed by atoms with E-state index in [4.69, 9.17) is 14.5 Å². The van der Waals surface area contributed by atoms with Gasteiger partial charge in [-0.2, -0.15) is 5.10 Å². The molecule has 0 spiro atoms. The number of hydrogen-bond donors (Lipinski definition) is 1. The highest BCUT2D eigenvalue weighted by molar-refractivity contribution is 5.90. The Kier molecular flexibility index (Phi) is 5.07. The standard InChI is InChI=1S/C22H25N5O3/c1-6-15-10-19(25-27(15)7-2)26-12-17-20(22(26)28)13(3)8-16(24-17)14-9-18(29-4)21(30-5)23-11-14/h8-12,28H,6-7H2,1-5H3. The van der Waals surface area contributed by atoms with Gasteiger partial charge in [-0.15, -0.1) is 0 Å². The van der Waals surface area contributed by atoms with Gasteiger partial charge in [0, 0.05) is 36.3 Å². The molecule has 0 bridgehead atoms. The normalized spacial score (nSPS) is 11.2. The molecule has 0 saturated carbocycles. The third-order valence-electron chi connectivity index (χ3n) is 5.23. The van der Waals surface area contributed by atoms with Crippen LogP contribution in [0.15, 0.2) is 30.6 Å². The molecule has 4 heterocycles. The minimum Gasteiger partial charge on any atom is -0.494 e. The van der Waals surface area contributed by atoms with Crippen LogP contribution in [0.25, 0.3) is 28.0 Å². The third-order valence-corrected chi connectivity index (χ3v) is 5.23. The van der Waals surface area contributed by atoms with Crippen molar-refractivity contribution < 1.29 is 14.6 Å². The number of nitrogens with zero attached hydrogens (tertiary/aromatic N) is 5. The Morgan fingerprint density at radius 1 is 1.10 bits per heavy atom. The van der Waals surface area contributed by atoms with E-state index in [1.165, 1.54) is 0 Å². The van der Waals surface area contributed by atoms with Crippen molar-refractivity contribution in [3.63, 3.8) is 0 Å². The SMILES string of the molecule is CCc1cc(-n2cc3nc(-c4cnc(OC)c(OC)c4)cc(C)c3c2O)nn1CC. The van der Waals surface area contributed by atoms with E-state index < -0.39 is 0 Å². The van der Waals surface area contributed by atoms with Crippen LogP contribution in [0, 0.1) is 6.92 Å². The van der Waals surface area contributed by atoms with Crippen LogP contribution in [0.3, 0.4) is 0 Å². The Morgan fingerprint density at radius 3 is 2.53 bits per heavy atom. The van der Waals surface area contributed by atoms with E-state index >= 15 is 0 Å². The summed E-state index contributed by atoms with van der Waals surface area (Å²) in [5.41, 5.74) is 4.24. The number of hydrogen-bond acceptors (Lipinski definition) is 6. The van der Waals surface area contributed by atoms with Crippen LogP contribution in [0.2, 0.25) is 0 Å². The number of pyridine rings is 2. The predicted molar refractivity (Wildman–Crippen MR) is 115 cm³/mol. The number of aryl methyl sites for hydroxylation is 3. The molecular formula is C22H25N5O3. The largest absolute Gasteiger partial charge is 0.494 e. The number of fused-ring (bicyclic) bond motifs is 1. The third kappa shape index (κ3) is 3.14. The Balaban J connectivity index is 1.85. The molecule has 156 valence electrons. The van der Waals surface area contributed by atoms with Gasteiger partial charge in [0.2, 0.25) is 5.88 Å². The van der Waals surface area contributed by atoms with Crippen molar-refractivity contribution in [2.24, 2.45) is 0 Å². The van der Waals surface area contributed by atoms with Gasteiger partial charge in [-0.05, 0) is 38.0 Å². The molecule has 4 rings (SSSR count). The van der Waals surface area contributed by atoms with Gasteiger partial charge in [-0.3, -0.25) is 9.25 Å². The van der Waals surface area contributed by atoms with E-state index in [1.54, 1.807) is 25.0 Å². The molecule has 1 N–H and O–H groups in total. The van der Waals surface area contributed by atoms with Crippen LogP contribution in [0.4, 0.5) is 0 Å². The Bertz CT molecular complexity index is 1200. The van der Waals surface area contributed by atoms with E-state index in [0.29, 0.717) is 28.4 Å². The second-order valence-electron chi connectivity index (χ2n) is 7.01. The summed E-state index contributed by atoms with van der Waals surface area (Å²) in [4.78, 5) is 9.06. The summed E-state index contributed by atoms with van der Waals surface area (Å²) in [5.74, 6) is 1.77. The van der Waals surface area contributed by atoms with Crippen molar-refractivity contribution in [2.75, 3.05) is 14.2 Å². The Morgan fingerprint density at radius 2 is 1.90 bits per heavy atom. The van der Waals surface area contributed by atoms with Crippen molar-refractivity contribution in [3.05, 3.63) is 41.9 Å². The average Bonchev–Trinajstić information content (AvgIpc) is 3.33. The average molecular weight is 407 g/mol. The van der Waals surface area contributed by atoms with Gasteiger partial charge in [-0.25, -0.2) is 9.97 Å². The van der Waals surface area contributed by atoms with Crippen LogP contribution >= 0.6 is 0 Å². The lowest BCUT2D eigenvalue weighted by atomic mass is 10.1. The van der Waals surface area contributed by atoms with E-state index in [1.807, 2.05) is 36.0 Å². The zero-order chi connectivity index (χ0) is 21.4. The minimum absolute atomic E-state index is 0.135. The van der Waals surface area contributed by atoms with Crippen molar-refractivity contribution >= 4 is 10.9 Å². The van der Waals surface area contributed by atoms with Gasteiger partial charge in [0.15, 0.2) is 11.6 Å². The van der Waals surface area contributed by atoms with Crippen LogP contribution in [0.5, 0.6) is 17.5 Å². The maximum absolute atomic E-state index is 10.9. The summed E-state index contributed by atoms with van der Waals surface area (Å²) < 4.78 is 14.2. The zero-order valence-corrected chi connectivity index (χ0v) is 17.8. The molecule has 0 unspecified atom stereocenters. The van der Waals surface area contributed by atoms with E-state index in [0.717, 1.165) is 35.5 Å². The first-order chi connectivity index (χ1) is 14.5. The Labute approximate surface area is 174 Å². The van der Waals surface area contributed by atoms with Crippen molar-refractivity contribution in [3.8, 4) is 34.6 Å². The van der Waals surface area contributed by atoms with Crippen molar-refractivity contribution in [2.45, 2.75) is 33.7 Å². The van der Waals surface area contributed by atoms with Crippen LogP contribution in [-0.4, -0.2) is 43.6 Å². The summed E-state index contributed by atoms with van der Waals surface area (Å²) in [6.07, 6.45) is 4.38. The number of aromatic nitrogens is 5. The van der Waals surface area contributed by atoms with E-state index in [-0.39, 0.29) is 5.88 Å². The molecule has 0 aromatic carbocycles. The highest BCUT2D eigenvalue weighted by atomic mass is 16.5. The molecule has 8 heteroatoms. The molecule has 8 nitrogen and oxygen atoms in total. The first kappa shape index (κ1) is 19.8. The van der Waals surface area contributed by atoms with Gasteiger partial charge < -0.3 is 14.6 Å². The molecule has 0 aliphatic rings. The quantitative estimate of drug-likeness (QED) is 0.522. The number of methoxy groups -OCH3 is 2. The monoisotopic (exact) mass is 407 g/mol. The van der Waals surface area contributed by atoms with E-state index in [9.17, 15) is 5.11 Å². The maximum Gasteiger partial charge on any atom is 0.256 e. The molecule has 0 amide bonds. The lowest BCUT2D eigenvalue weighted by molar-refractivity contribution is 0.343.